The molecule has 30 heavy (non-hydrogen) atoms. The number of ether oxygens (including phenoxy) is 1. The number of nitrogens with zero attached hydrogens (tertiary/aromatic N) is 3. The van der Waals surface area contributed by atoms with Gasteiger partial charge in [0.25, 0.3) is 0 Å². The SMILES string of the molecule is COc1ccc(-c2n[nH]c(CNC(=O)Cc3csc(Cc4ccccc4)n3)n2)cc1. The van der Waals surface area contributed by atoms with Crippen LogP contribution in [0.25, 0.3) is 11.4 Å². The fourth-order valence-electron chi connectivity index (χ4n) is 2.93. The van der Waals surface area contributed by atoms with Gasteiger partial charge in [-0.1, -0.05) is 30.3 Å². The lowest BCUT2D eigenvalue weighted by atomic mass is 10.2. The summed E-state index contributed by atoms with van der Waals surface area (Å²) in [7, 11) is 1.62. The van der Waals surface area contributed by atoms with Gasteiger partial charge in [-0.05, 0) is 29.8 Å². The highest BCUT2D eigenvalue weighted by Gasteiger charge is 2.10. The predicted octanol–water partition coefficient (Wildman–Crippen LogP) is 3.39. The number of methoxy groups -OCH3 is 1. The molecule has 0 atom stereocenters. The van der Waals surface area contributed by atoms with Crippen molar-refractivity contribution >= 4 is 17.2 Å². The average Bonchev–Trinajstić information content (AvgIpc) is 3.43. The first-order chi connectivity index (χ1) is 14.7. The zero-order chi connectivity index (χ0) is 20.8. The second-order valence-electron chi connectivity index (χ2n) is 6.68. The third-order valence-electron chi connectivity index (χ3n) is 4.47. The highest BCUT2D eigenvalue weighted by molar-refractivity contribution is 7.09. The molecule has 152 valence electrons. The molecule has 2 N–H and O–H groups in total. The van der Waals surface area contributed by atoms with Crippen LogP contribution >= 0.6 is 11.3 Å². The van der Waals surface area contributed by atoms with Crippen LogP contribution < -0.4 is 10.1 Å². The van der Waals surface area contributed by atoms with E-state index in [2.05, 4.69) is 37.6 Å². The molecule has 2 heterocycles. The number of H-pyrrole nitrogens is 1. The van der Waals surface area contributed by atoms with Gasteiger partial charge in [0.05, 0.1) is 30.8 Å². The minimum absolute atomic E-state index is 0.103. The maximum absolute atomic E-state index is 12.3. The zero-order valence-corrected chi connectivity index (χ0v) is 17.3. The number of carbonyl (C=O) groups excluding carboxylic acids is 1. The van der Waals surface area contributed by atoms with Crippen LogP contribution in [0.4, 0.5) is 0 Å². The number of amides is 1. The molecule has 4 rings (SSSR count). The van der Waals surface area contributed by atoms with E-state index in [9.17, 15) is 4.79 Å². The van der Waals surface area contributed by atoms with Gasteiger partial charge in [-0.15, -0.1) is 11.3 Å². The summed E-state index contributed by atoms with van der Waals surface area (Å²) in [6.07, 6.45) is 1.02. The van der Waals surface area contributed by atoms with Crippen LogP contribution in [0.1, 0.15) is 22.1 Å². The van der Waals surface area contributed by atoms with Crippen molar-refractivity contribution in [1.29, 1.82) is 0 Å². The van der Waals surface area contributed by atoms with E-state index in [1.54, 1.807) is 18.4 Å². The predicted molar refractivity (Wildman–Crippen MR) is 115 cm³/mol. The van der Waals surface area contributed by atoms with Gasteiger partial charge in [-0.2, -0.15) is 5.10 Å². The van der Waals surface area contributed by atoms with E-state index in [4.69, 9.17) is 4.74 Å². The number of rotatable bonds is 8. The van der Waals surface area contributed by atoms with Gasteiger partial charge >= 0.3 is 0 Å². The van der Waals surface area contributed by atoms with Crippen molar-refractivity contribution < 1.29 is 9.53 Å². The third kappa shape index (κ3) is 5.09. The van der Waals surface area contributed by atoms with E-state index >= 15 is 0 Å². The van der Waals surface area contributed by atoms with Crippen molar-refractivity contribution in [2.24, 2.45) is 0 Å². The van der Waals surface area contributed by atoms with Crippen LogP contribution in [0, 0.1) is 0 Å². The molecule has 1 amide bonds. The number of aromatic amines is 1. The number of nitrogens with one attached hydrogen (secondary N) is 2. The largest absolute Gasteiger partial charge is 0.497 e. The summed E-state index contributed by atoms with van der Waals surface area (Å²) in [5.41, 5.74) is 2.86. The molecule has 0 radical (unpaired) electrons. The van der Waals surface area contributed by atoms with E-state index in [0.717, 1.165) is 28.4 Å². The first-order valence-corrected chi connectivity index (χ1v) is 10.4. The highest BCUT2D eigenvalue weighted by Crippen LogP contribution is 2.19. The Hall–Kier alpha value is -3.52. The van der Waals surface area contributed by atoms with Gasteiger partial charge in [0.1, 0.15) is 11.6 Å². The van der Waals surface area contributed by atoms with Gasteiger partial charge in [-0.25, -0.2) is 9.97 Å². The Kier molecular flexibility index (Phi) is 6.14. The molecule has 0 aliphatic carbocycles. The smallest absolute Gasteiger partial charge is 0.226 e. The Morgan fingerprint density at radius 1 is 1.10 bits per heavy atom. The maximum Gasteiger partial charge on any atom is 0.226 e. The second-order valence-corrected chi connectivity index (χ2v) is 7.63. The van der Waals surface area contributed by atoms with Crippen molar-refractivity contribution in [1.82, 2.24) is 25.5 Å². The van der Waals surface area contributed by atoms with Crippen LogP contribution in [-0.2, 0) is 24.2 Å². The first kappa shape index (κ1) is 19.8. The molecular weight excluding hydrogens is 398 g/mol. The Bertz CT molecular complexity index is 1110. The quantitative estimate of drug-likeness (QED) is 0.457. The van der Waals surface area contributed by atoms with Crippen LogP contribution in [0.5, 0.6) is 5.75 Å². The number of hydrogen-bond acceptors (Lipinski definition) is 6. The summed E-state index contributed by atoms with van der Waals surface area (Å²) in [5, 5.41) is 12.9. The summed E-state index contributed by atoms with van der Waals surface area (Å²) < 4.78 is 5.15. The molecule has 0 aliphatic rings. The topological polar surface area (TPSA) is 92.8 Å². The second kappa shape index (κ2) is 9.32. The van der Waals surface area contributed by atoms with Crippen molar-refractivity contribution in [2.75, 3.05) is 7.11 Å². The third-order valence-corrected chi connectivity index (χ3v) is 5.37. The first-order valence-electron chi connectivity index (χ1n) is 9.49. The van der Waals surface area contributed by atoms with E-state index in [1.165, 1.54) is 5.56 Å². The summed E-state index contributed by atoms with van der Waals surface area (Å²) >= 11 is 1.58. The van der Waals surface area contributed by atoms with E-state index in [1.807, 2.05) is 47.8 Å². The lowest BCUT2D eigenvalue weighted by Gasteiger charge is -2.01. The van der Waals surface area contributed by atoms with Gasteiger partial charge in [-0.3, -0.25) is 9.89 Å². The number of aromatic nitrogens is 4. The minimum Gasteiger partial charge on any atom is -0.497 e. The van der Waals surface area contributed by atoms with Gasteiger partial charge in [0, 0.05) is 17.4 Å². The monoisotopic (exact) mass is 419 g/mol. The number of hydrogen-bond donors (Lipinski definition) is 2. The van der Waals surface area contributed by atoms with E-state index in [-0.39, 0.29) is 18.9 Å². The van der Waals surface area contributed by atoms with Crippen LogP contribution in [0.15, 0.2) is 60.0 Å². The molecule has 8 heteroatoms. The molecule has 4 aromatic rings. The highest BCUT2D eigenvalue weighted by atomic mass is 32.1. The fourth-order valence-corrected chi connectivity index (χ4v) is 3.76. The lowest BCUT2D eigenvalue weighted by molar-refractivity contribution is -0.120. The van der Waals surface area contributed by atoms with Gasteiger partial charge < -0.3 is 10.1 Å². The molecule has 0 unspecified atom stereocenters. The van der Waals surface area contributed by atoms with Gasteiger partial charge in [0.2, 0.25) is 5.91 Å². The van der Waals surface area contributed by atoms with Crippen molar-refractivity contribution in [3.8, 4) is 17.1 Å². The molecule has 0 bridgehead atoms. The molecule has 2 aromatic heterocycles. The average molecular weight is 420 g/mol. The fraction of sp³-hybridized carbons (Fsp3) is 0.182. The van der Waals surface area contributed by atoms with Crippen LogP contribution in [0.3, 0.4) is 0 Å². The summed E-state index contributed by atoms with van der Waals surface area (Å²) in [6.45, 7) is 0.281. The summed E-state index contributed by atoms with van der Waals surface area (Å²) in [6, 6.07) is 17.7. The Labute approximate surface area is 178 Å². The molecule has 0 aliphatic heterocycles. The Morgan fingerprint density at radius 2 is 1.90 bits per heavy atom. The molecule has 7 nitrogen and oxygen atoms in total. The normalized spacial score (nSPS) is 10.7. The minimum atomic E-state index is -0.103. The molecular formula is C22H21N5O2S. The van der Waals surface area contributed by atoms with Crippen LogP contribution in [-0.4, -0.2) is 33.2 Å². The Morgan fingerprint density at radius 3 is 2.67 bits per heavy atom. The van der Waals surface area contributed by atoms with E-state index in [0.29, 0.717) is 11.6 Å². The number of thiazole rings is 1. The summed E-state index contributed by atoms with van der Waals surface area (Å²) in [4.78, 5) is 21.3. The van der Waals surface area contributed by atoms with Crippen molar-refractivity contribution in [2.45, 2.75) is 19.4 Å². The van der Waals surface area contributed by atoms with E-state index < -0.39 is 0 Å². The van der Waals surface area contributed by atoms with Crippen molar-refractivity contribution in [3.63, 3.8) is 0 Å². The maximum atomic E-state index is 12.3. The Balaban J connectivity index is 1.28. The molecule has 0 fully saturated rings. The van der Waals surface area contributed by atoms with Gasteiger partial charge in [0.15, 0.2) is 5.82 Å². The standard InChI is InChI=1S/C22H21N5O2S/c1-29-18-9-7-16(8-10-18)22-25-19(26-27-22)13-23-20(28)12-17-14-30-21(24-17)11-15-5-3-2-4-6-15/h2-10,14H,11-13H2,1H3,(H,23,28)(H,25,26,27). The molecule has 0 saturated carbocycles. The van der Waals surface area contributed by atoms with Crippen LogP contribution in [0.2, 0.25) is 0 Å². The zero-order valence-electron chi connectivity index (χ0n) is 16.5. The summed E-state index contributed by atoms with van der Waals surface area (Å²) in [5.74, 6) is 1.84. The molecule has 0 spiro atoms. The number of carbonyl (C=O) groups is 1. The number of benzene rings is 2. The van der Waals surface area contributed by atoms with Crippen molar-refractivity contribution in [3.05, 3.63) is 82.1 Å². The molecule has 2 aromatic carbocycles. The molecule has 0 saturated heterocycles. The lowest BCUT2D eigenvalue weighted by Crippen LogP contribution is -2.25.